The Morgan fingerprint density at radius 3 is 2.69 bits per heavy atom. The van der Waals surface area contributed by atoms with Gasteiger partial charge in [0, 0.05) is 31.7 Å². The summed E-state index contributed by atoms with van der Waals surface area (Å²) in [5.41, 5.74) is 10.00. The van der Waals surface area contributed by atoms with E-state index in [0.717, 1.165) is 34.8 Å². The van der Waals surface area contributed by atoms with Gasteiger partial charge in [-0.2, -0.15) is 5.26 Å². The molecule has 9 heteroatoms. The molecule has 0 radical (unpaired) electrons. The van der Waals surface area contributed by atoms with Crippen molar-refractivity contribution in [1.29, 1.82) is 5.26 Å². The highest BCUT2D eigenvalue weighted by Crippen LogP contribution is 2.29. The van der Waals surface area contributed by atoms with Crippen LogP contribution >= 0.6 is 0 Å². The first-order valence-corrected chi connectivity index (χ1v) is 11.1. The molecule has 1 aliphatic rings. The number of anilines is 2. The van der Waals surface area contributed by atoms with E-state index in [0.29, 0.717) is 23.8 Å². The maximum Gasteiger partial charge on any atom is 0.270 e. The van der Waals surface area contributed by atoms with Crippen LogP contribution < -0.4 is 16.0 Å². The fourth-order valence-electron chi connectivity index (χ4n) is 3.67. The highest BCUT2D eigenvalue weighted by atomic mass is 16.1. The fourth-order valence-corrected chi connectivity index (χ4v) is 3.67. The number of amides is 1. The summed E-state index contributed by atoms with van der Waals surface area (Å²) in [5, 5.41) is 11.8. The van der Waals surface area contributed by atoms with Crippen molar-refractivity contribution in [2.24, 2.45) is 9.98 Å². The standard InChI is InChI=1S/C26H24N8O/c1-3-5-21-25(29-2)34(24(33-21)20-6-4-12-31-23(20)28)19-9-7-17(8-10-19)16-32-26(35)22-14-18(15-27)11-13-30-22/h4-14H,3,16H2,1-2H3,(H2,28,31)(H,32,35)/b21-5+,29-25?. The predicted molar refractivity (Wildman–Crippen MR) is 136 cm³/mol. The van der Waals surface area contributed by atoms with Crippen molar-refractivity contribution in [2.45, 2.75) is 19.9 Å². The minimum absolute atomic E-state index is 0.201. The summed E-state index contributed by atoms with van der Waals surface area (Å²) in [4.78, 5) is 31.9. The van der Waals surface area contributed by atoms with Crippen molar-refractivity contribution < 1.29 is 4.79 Å². The van der Waals surface area contributed by atoms with Gasteiger partial charge in [-0.1, -0.05) is 25.1 Å². The fraction of sp³-hybridized carbons (Fsp3) is 0.154. The summed E-state index contributed by atoms with van der Waals surface area (Å²) in [6.07, 6.45) is 5.92. The SMILES string of the molecule is CC/C=C1/N=C(c2cccnc2N)N(c2ccc(CNC(=O)c3cc(C#N)ccn3)cc2)C1=NC. The van der Waals surface area contributed by atoms with Gasteiger partial charge in [-0.15, -0.1) is 0 Å². The van der Waals surface area contributed by atoms with Gasteiger partial charge in [0.25, 0.3) is 5.91 Å². The Labute approximate surface area is 203 Å². The van der Waals surface area contributed by atoms with Gasteiger partial charge in [-0.25, -0.2) is 9.98 Å². The molecule has 0 bridgehead atoms. The van der Waals surface area contributed by atoms with Crippen LogP contribution in [0, 0.1) is 11.3 Å². The minimum Gasteiger partial charge on any atom is -0.383 e. The number of nitrogen functional groups attached to an aromatic ring is 1. The number of hydrogen-bond donors (Lipinski definition) is 2. The van der Waals surface area contributed by atoms with Gasteiger partial charge in [0.2, 0.25) is 0 Å². The molecule has 3 heterocycles. The molecular formula is C26H24N8O. The summed E-state index contributed by atoms with van der Waals surface area (Å²) in [7, 11) is 1.73. The molecule has 1 amide bonds. The number of nitriles is 1. The lowest BCUT2D eigenvalue weighted by atomic mass is 10.1. The number of allylic oxidation sites excluding steroid dienone is 1. The number of nitrogens with zero attached hydrogens (tertiary/aromatic N) is 6. The van der Waals surface area contributed by atoms with E-state index in [4.69, 9.17) is 16.0 Å². The zero-order valence-electron chi connectivity index (χ0n) is 19.4. The summed E-state index contributed by atoms with van der Waals surface area (Å²) in [6.45, 7) is 2.36. The Morgan fingerprint density at radius 2 is 2.00 bits per heavy atom. The zero-order valence-corrected chi connectivity index (χ0v) is 19.4. The Hall–Kier alpha value is -4.84. The number of nitrogens with two attached hydrogens (primary N) is 1. The maximum atomic E-state index is 12.4. The van der Waals surface area contributed by atoms with Gasteiger partial charge in [0.15, 0.2) is 11.7 Å². The van der Waals surface area contributed by atoms with Gasteiger partial charge in [0.1, 0.15) is 17.2 Å². The highest BCUT2D eigenvalue weighted by Gasteiger charge is 2.31. The third kappa shape index (κ3) is 4.91. The number of carbonyl (C=O) groups is 1. The van der Waals surface area contributed by atoms with Gasteiger partial charge in [-0.3, -0.25) is 19.7 Å². The van der Waals surface area contributed by atoms with Crippen molar-refractivity contribution in [2.75, 3.05) is 17.7 Å². The van der Waals surface area contributed by atoms with Crippen LogP contribution in [0.15, 0.2) is 82.7 Å². The molecule has 9 nitrogen and oxygen atoms in total. The van der Waals surface area contributed by atoms with E-state index in [-0.39, 0.29) is 11.6 Å². The first-order valence-electron chi connectivity index (χ1n) is 11.1. The molecule has 2 aromatic heterocycles. The zero-order chi connectivity index (χ0) is 24.8. The van der Waals surface area contributed by atoms with Crippen LogP contribution in [0.3, 0.4) is 0 Å². The number of rotatable bonds is 6. The number of amidine groups is 2. The Morgan fingerprint density at radius 1 is 1.20 bits per heavy atom. The highest BCUT2D eigenvalue weighted by molar-refractivity contribution is 6.34. The van der Waals surface area contributed by atoms with E-state index in [1.807, 2.05) is 60.4 Å². The summed E-state index contributed by atoms with van der Waals surface area (Å²) >= 11 is 0. The number of pyridine rings is 2. The molecule has 0 unspecified atom stereocenters. The predicted octanol–water partition coefficient (Wildman–Crippen LogP) is 3.45. The lowest BCUT2D eigenvalue weighted by Gasteiger charge is -2.22. The molecule has 1 aliphatic heterocycles. The van der Waals surface area contributed by atoms with Gasteiger partial charge >= 0.3 is 0 Å². The van der Waals surface area contributed by atoms with Crippen LogP contribution in [0.4, 0.5) is 11.5 Å². The molecule has 0 aliphatic carbocycles. The third-order valence-corrected chi connectivity index (χ3v) is 5.34. The lowest BCUT2D eigenvalue weighted by molar-refractivity contribution is 0.0946. The molecule has 3 N–H and O–H groups in total. The molecule has 0 saturated heterocycles. The van der Waals surface area contributed by atoms with E-state index in [9.17, 15) is 4.79 Å². The van der Waals surface area contributed by atoms with Gasteiger partial charge < -0.3 is 11.1 Å². The second-order valence-corrected chi connectivity index (χ2v) is 7.64. The number of aromatic nitrogens is 2. The van der Waals surface area contributed by atoms with Crippen molar-refractivity contribution >= 4 is 29.1 Å². The number of aliphatic imine (C=N–C) groups is 2. The third-order valence-electron chi connectivity index (χ3n) is 5.34. The first-order chi connectivity index (χ1) is 17.0. The second-order valence-electron chi connectivity index (χ2n) is 7.64. The topological polar surface area (TPSA) is 133 Å². The Bertz CT molecular complexity index is 1380. The summed E-state index contributed by atoms with van der Waals surface area (Å²) < 4.78 is 0. The largest absolute Gasteiger partial charge is 0.383 e. The monoisotopic (exact) mass is 464 g/mol. The smallest absolute Gasteiger partial charge is 0.270 e. The molecule has 174 valence electrons. The van der Waals surface area contributed by atoms with E-state index < -0.39 is 0 Å². The Kier molecular flexibility index (Phi) is 6.93. The molecule has 4 rings (SSSR count). The molecule has 35 heavy (non-hydrogen) atoms. The molecular weight excluding hydrogens is 440 g/mol. The van der Waals surface area contributed by atoms with Crippen LogP contribution in [-0.2, 0) is 6.54 Å². The van der Waals surface area contributed by atoms with Gasteiger partial charge in [-0.05, 0) is 48.4 Å². The van der Waals surface area contributed by atoms with Crippen LogP contribution in [0.2, 0.25) is 0 Å². The first kappa shape index (κ1) is 23.3. The summed E-state index contributed by atoms with van der Waals surface area (Å²) in [6, 6.07) is 16.5. The van der Waals surface area contributed by atoms with E-state index in [2.05, 4.69) is 20.3 Å². The molecule has 0 spiro atoms. The minimum atomic E-state index is -0.345. The lowest BCUT2D eigenvalue weighted by Crippen LogP contribution is -2.33. The van der Waals surface area contributed by atoms with Crippen molar-refractivity contribution in [3.05, 3.63) is 95.1 Å². The average molecular weight is 465 g/mol. The maximum absolute atomic E-state index is 12.4. The molecule has 0 saturated carbocycles. The normalized spacial score (nSPS) is 15.2. The molecule has 0 atom stereocenters. The molecule has 3 aromatic rings. The quantitative estimate of drug-likeness (QED) is 0.574. The van der Waals surface area contributed by atoms with Crippen LogP contribution in [0.25, 0.3) is 0 Å². The van der Waals surface area contributed by atoms with E-state index >= 15 is 0 Å². The number of nitrogens with one attached hydrogen (secondary N) is 1. The molecule has 0 fully saturated rings. The number of hydrogen-bond acceptors (Lipinski definition) is 7. The summed E-state index contributed by atoms with van der Waals surface area (Å²) in [5.74, 6) is 1.41. The second kappa shape index (κ2) is 10.4. The Balaban J connectivity index is 1.57. The number of carbonyl (C=O) groups excluding carboxylic acids is 1. The van der Waals surface area contributed by atoms with Gasteiger partial charge in [0.05, 0.1) is 17.2 Å². The van der Waals surface area contributed by atoms with Crippen LogP contribution in [0.5, 0.6) is 0 Å². The number of benzene rings is 1. The van der Waals surface area contributed by atoms with Crippen LogP contribution in [-0.4, -0.2) is 34.6 Å². The molecule has 1 aromatic carbocycles. The van der Waals surface area contributed by atoms with Crippen molar-refractivity contribution in [3.63, 3.8) is 0 Å². The average Bonchev–Trinajstić information content (AvgIpc) is 3.26. The van der Waals surface area contributed by atoms with E-state index in [1.165, 1.54) is 12.3 Å². The van der Waals surface area contributed by atoms with Crippen LogP contribution in [0.1, 0.15) is 40.5 Å². The van der Waals surface area contributed by atoms with E-state index in [1.54, 1.807) is 19.3 Å². The van der Waals surface area contributed by atoms with Crippen molar-refractivity contribution in [1.82, 2.24) is 15.3 Å². The van der Waals surface area contributed by atoms with Crippen molar-refractivity contribution in [3.8, 4) is 6.07 Å².